The van der Waals surface area contributed by atoms with E-state index in [-0.39, 0.29) is 18.9 Å². The zero-order chi connectivity index (χ0) is 11.5. The molecule has 0 radical (unpaired) electrons. The van der Waals surface area contributed by atoms with E-state index in [9.17, 15) is 9.59 Å². The van der Waals surface area contributed by atoms with Gasteiger partial charge in [-0.25, -0.2) is 0 Å². The number of rotatable bonds is 3. The number of carbonyl (C=O) groups excluding carboxylic acids is 1. The van der Waals surface area contributed by atoms with Crippen LogP contribution in [0, 0.1) is 5.92 Å². The van der Waals surface area contributed by atoms with E-state index in [0.717, 1.165) is 0 Å². The van der Waals surface area contributed by atoms with Crippen LogP contribution in [-0.4, -0.2) is 38.4 Å². The van der Waals surface area contributed by atoms with Gasteiger partial charge in [0.05, 0.1) is 24.4 Å². The highest BCUT2D eigenvalue weighted by Crippen LogP contribution is 2.19. The molecule has 1 unspecified atom stereocenters. The Morgan fingerprint density at radius 1 is 1.56 bits per heavy atom. The number of hydrogen-bond acceptors (Lipinski definition) is 4. The molecule has 1 N–H and O–H groups in total. The summed E-state index contributed by atoms with van der Waals surface area (Å²) in [4.78, 5) is 31.7. The molecule has 1 aliphatic rings. The van der Waals surface area contributed by atoms with E-state index in [1.807, 2.05) is 0 Å². The predicted octanol–water partition coefficient (Wildman–Crippen LogP) is -0.0903. The molecular weight excluding hydrogens is 210 g/mol. The third-order valence-electron chi connectivity index (χ3n) is 2.53. The zero-order valence-electron chi connectivity index (χ0n) is 8.54. The molecule has 1 amide bonds. The third-order valence-corrected chi connectivity index (χ3v) is 2.53. The van der Waals surface area contributed by atoms with E-state index in [4.69, 9.17) is 5.11 Å². The fourth-order valence-electron chi connectivity index (χ4n) is 1.70. The molecule has 6 nitrogen and oxygen atoms in total. The Bertz CT molecular complexity index is 407. The molecule has 1 aliphatic heterocycles. The Hall–Kier alpha value is -1.98. The Balaban J connectivity index is 2.02. The summed E-state index contributed by atoms with van der Waals surface area (Å²) >= 11 is 0. The number of aliphatic carboxylic acids is 1. The zero-order valence-corrected chi connectivity index (χ0v) is 8.54. The van der Waals surface area contributed by atoms with Crippen LogP contribution in [-0.2, 0) is 16.1 Å². The second-order valence-electron chi connectivity index (χ2n) is 3.71. The monoisotopic (exact) mass is 221 g/mol. The van der Waals surface area contributed by atoms with Gasteiger partial charge < -0.3 is 10.0 Å². The maximum absolute atomic E-state index is 11.5. The molecule has 0 aromatic carbocycles. The lowest BCUT2D eigenvalue weighted by atomic mass is 10.1. The van der Waals surface area contributed by atoms with E-state index in [1.165, 1.54) is 4.90 Å². The largest absolute Gasteiger partial charge is 0.481 e. The number of nitrogens with zero attached hydrogens (tertiary/aromatic N) is 3. The molecule has 0 aliphatic carbocycles. The SMILES string of the molecule is O=C(O)C1CC(=O)N(Cc2cnccn2)C1. The van der Waals surface area contributed by atoms with E-state index in [0.29, 0.717) is 12.2 Å². The van der Waals surface area contributed by atoms with Crippen molar-refractivity contribution in [3.05, 3.63) is 24.3 Å². The van der Waals surface area contributed by atoms with E-state index in [1.54, 1.807) is 18.6 Å². The highest BCUT2D eigenvalue weighted by atomic mass is 16.4. The van der Waals surface area contributed by atoms with E-state index in [2.05, 4.69) is 9.97 Å². The maximum Gasteiger partial charge on any atom is 0.308 e. The number of carbonyl (C=O) groups is 2. The van der Waals surface area contributed by atoms with Gasteiger partial charge in [0.15, 0.2) is 0 Å². The molecule has 1 atom stereocenters. The van der Waals surface area contributed by atoms with Gasteiger partial charge >= 0.3 is 5.97 Å². The molecule has 0 saturated carbocycles. The first-order valence-corrected chi connectivity index (χ1v) is 4.92. The van der Waals surface area contributed by atoms with Gasteiger partial charge in [0.1, 0.15) is 0 Å². The van der Waals surface area contributed by atoms with Gasteiger partial charge in [-0.1, -0.05) is 0 Å². The van der Waals surface area contributed by atoms with Crippen molar-refractivity contribution in [2.45, 2.75) is 13.0 Å². The summed E-state index contributed by atoms with van der Waals surface area (Å²) in [5.41, 5.74) is 0.668. The van der Waals surface area contributed by atoms with E-state index < -0.39 is 11.9 Å². The van der Waals surface area contributed by atoms with Crippen molar-refractivity contribution in [1.29, 1.82) is 0 Å². The van der Waals surface area contributed by atoms with Gasteiger partial charge in [0, 0.05) is 25.4 Å². The standard InChI is InChI=1S/C10H11N3O3/c14-9-3-7(10(15)16)5-13(9)6-8-4-11-1-2-12-8/h1-2,4,7H,3,5-6H2,(H,15,16). The lowest BCUT2D eigenvalue weighted by Crippen LogP contribution is -2.26. The van der Waals surface area contributed by atoms with Crippen molar-refractivity contribution in [3.8, 4) is 0 Å². The summed E-state index contributed by atoms with van der Waals surface area (Å²) in [5, 5.41) is 8.81. The van der Waals surface area contributed by atoms with Crippen molar-refractivity contribution in [3.63, 3.8) is 0 Å². The highest BCUT2D eigenvalue weighted by Gasteiger charge is 2.34. The van der Waals surface area contributed by atoms with Gasteiger partial charge in [-0.2, -0.15) is 0 Å². The molecule has 2 rings (SSSR count). The third kappa shape index (κ3) is 2.16. The lowest BCUT2D eigenvalue weighted by molar-refractivity contribution is -0.141. The van der Waals surface area contributed by atoms with Crippen LogP contribution in [0.3, 0.4) is 0 Å². The molecular formula is C10H11N3O3. The van der Waals surface area contributed by atoms with Crippen molar-refractivity contribution in [2.75, 3.05) is 6.54 Å². The average Bonchev–Trinajstić information content (AvgIpc) is 2.62. The molecule has 1 saturated heterocycles. The maximum atomic E-state index is 11.5. The van der Waals surface area contributed by atoms with Gasteiger partial charge in [-0.15, -0.1) is 0 Å². The summed E-state index contributed by atoms with van der Waals surface area (Å²) in [6.07, 6.45) is 4.75. The first kappa shape index (κ1) is 10.5. The summed E-state index contributed by atoms with van der Waals surface area (Å²) in [7, 11) is 0. The van der Waals surface area contributed by atoms with Crippen LogP contribution in [0.2, 0.25) is 0 Å². The van der Waals surface area contributed by atoms with Crippen molar-refractivity contribution >= 4 is 11.9 Å². The van der Waals surface area contributed by atoms with Crippen molar-refractivity contribution in [2.24, 2.45) is 5.92 Å². The minimum absolute atomic E-state index is 0.0790. The highest BCUT2D eigenvalue weighted by molar-refractivity contribution is 5.85. The normalized spacial score (nSPS) is 20.1. The van der Waals surface area contributed by atoms with E-state index >= 15 is 0 Å². The topological polar surface area (TPSA) is 83.4 Å². The second-order valence-corrected chi connectivity index (χ2v) is 3.71. The van der Waals surface area contributed by atoms with Crippen molar-refractivity contribution in [1.82, 2.24) is 14.9 Å². The van der Waals surface area contributed by atoms with Gasteiger partial charge in [-0.05, 0) is 0 Å². The van der Waals surface area contributed by atoms with Crippen LogP contribution in [0.5, 0.6) is 0 Å². The smallest absolute Gasteiger partial charge is 0.308 e. The van der Waals surface area contributed by atoms with Crippen LogP contribution in [0.25, 0.3) is 0 Å². The number of carboxylic acids is 1. The van der Waals surface area contributed by atoms with Crippen LogP contribution in [0.4, 0.5) is 0 Å². The number of likely N-dealkylation sites (tertiary alicyclic amines) is 1. The minimum atomic E-state index is -0.921. The lowest BCUT2D eigenvalue weighted by Gasteiger charge is -2.14. The molecule has 0 spiro atoms. The first-order chi connectivity index (χ1) is 7.66. The van der Waals surface area contributed by atoms with Gasteiger partial charge in [0.2, 0.25) is 5.91 Å². The van der Waals surface area contributed by atoms with Gasteiger partial charge in [-0.3, -0.25) is 19.6 Å². The quantitative estimate of drug-likeness (QED) is 0.771. The second kappa shape index (κ2) is 4.26. The summed E-state index contributed by atoms with van der Waals surface area (Å²) in [6.45, 7) is 0.585. The summed E-state index contributed by atoms with van der Waals surface area (Å²) in [6, 6.07) is 0. The fraction of sp³-hybridized carbons (Fsp3) is 0.400. The summed E-state index contributed by atoms with van der Waals surface area (Å²) < 4.78 is 0. The Morgan fingerprint density at radius 2 is 2.38 bits per heavy atom. The molecule has 1 aromatic heterocycles. The Morgan fingerprint density at radius 3 is 2.94 bits per heavy atom. The number of hydrogen-bond donors (Lipinski definition) is 1. The number of carboxylic acid groups (broad SMARTS) is 1. The molecule has 6 heteroatoms. The molecule has 84 valence electrons. The molecule has 1 aromatic rings. The number of amides is 1. The van der Waals surface area contributed by atoms with Crippen LogP contribution in [0.15, 0.2) is 18.6 Å². The van der Waals surface area contributed by atoms with Crippen molar-refractivity contribution < 1.29 is 14.7 Å². The first-order valence-electron chi connectivity index (χ1n) is 4.92. The van der Waals surface area contributed by atoms with Crippen LogP contribution in [0.1, 0.15) is 12.1 Å². The molecule has 2 heterocycles. The average molecular weight is 221 g/mol. The van der Waals surface area contributed by atoms with Crippen LogP contribution < -0.4 is 0 Å². The molecule has 0 bridgehead atoms. The Kier molecular flexibility index (Phi) is 2.80. The Labute approximate surface area is 91.9 Å². The van der Waals surface area contributed by atoms with Crippen LogP contribution >= 0.6 is 0 Å². The molecule has 1 fully saturated rings. The molecule has 16 heavy (non-hydrogen) atoms. The minimum Gasteiger partial charge on any atom is -0.481 e. The van der Waals surface area contributed by atoms with Gasteiger partial charge in [0.25, 0.3) is 0 Å². The number of aromatic nitrogens is 2. The summed E-state index contributed by atoms with van der Waals surface area (Å²) in [5.74, 6) is -1.66. The fourth-order valence-corrected chi connectivity index (χ4v) is 1.70. The predicted molar refractivity (Wildman–Crippen MR) is 53.2 cm³/mol.